The van der Waals surface area contributed by atoms with Gasteiger partial charge in [-0.15, -0.1) is 11.3 Å². The molecule has 1 aliphatic carbocycles. The van der Waals surface area contributed by atoms with Crippen LogP contribution < -0.4 is 15.1 Å². The third-order valence-corrected chi connectivity index (χ3v) is 5.12. The molecule has 2 aromatic heterocycles. The van der Waals surface area contributed by atoms with E-state index in [-0.39, 0.29) is 6.54 Å². The molecule has 1 atom stereocenters. The maximum Gasteiger partial charge on any atom is 0.341 e. The van der Waals surface area contributed by atoms with Gasteiger partial charge in [-0.3, -0.25) is 4.79 Å². The van der Waals surface area contributed by atoms with E-state index in [4.69, 9.17) is 4.74 Å². The average molecular weight is 351 g/mol. The largest absolute Gasteiger partial charge is 0.539 e. The number of carbonyl (C=O) groups is 2. The SMILES string of the molecule is COC(=O)c1c(NC(=O)C[n+]2cc([O-])on2)sc2c1CCC(C)C2. The summed E-state index contributed by atoms with van der Waals surface area (Å²) in [4.78, 5) is 25.4. The highest BCUT2D eigenvalue weighted by atomic mass is 32.1. The van der Waals surface area contributed by atoms with E-state index in [2.05, 4.69) is 22.0 Å². The van der Waals surface area contributed by atoms with Crippen molar-refractivity contribution in [2.24, 2.45) is 5.92 Å². The lowest BCUT2D eigenvalue weighted by molar-refractivity contribution is -0.750. The lowest BCUT2D eigenvalue weighted by Crippen LogP contribution is -2.41. The van der Waals surface area contributed by atoms with Gasteiger partial charge in [0.15, 0.2) is 0 Å². The van der Waals surface area contributed by atoms with Gasteiger partial charge in [-0.1, -0.05) is 11.6 Å². The van der Waals surface area contributed by atoms with Crippen molar-refractivity contribution in [1.82, 2.24) is 5.27 Å². The van der Waals surface area contributed by atoms with Crippen LogP contribution in [0.25, 0.3) is 0 Å². The summed E-state index contributed by atoms with van der Waals surface area (Å²) >= 11 is 1.41. The van der Waals surface area contributed by atoms with Gasteiger partial charge in [0.2, 0.25) is 6.20 Å². The summed E-state index contributed by atoms with van der Waals surface area (Å²) in [6, 6.07) is 0. The lowest BCUT2D eigenvalue weighted by Gasteiger charge is -2.18. The van der Waals surface area contributed by atoms with Gasteiger partial charge in [0.25, 0.3) is 12.5 Å². The summed E-state index contributed by atoms with van der Waals surface area (Å²) in [6.07, 6.45) is 3.77. The van der Waals surface area contributed by atoms with Crippen molar-refractivity contribution in [3.05, 3.63) is 22.2 Å². The van der Waals surface area contributed by atoms with Crippen LogP contribution in [0.1, 0.15) is 34.1 Å². The number of amides is 1. The number of carbonyl (C=O) groups excluding carboxylic acids is 2. The molecule has 0 spiro atoms. The van der Waals surface area contributed by atoms with E-state index in [9.17, 15) is 14.7 Å². The number of anilines is 1. The van der Waals surface area contributed by atoms with E-state index in [0.717, 1.165) is 40.6 Å². The number of aromatic nitrogens is 2. The number of methoxy groups -OCH3 is 1. The van der Waals surface area contributed by atoms with Gasteiger partial charge in [0, 0.05) is 4.88 Å². The topological polar surface area (TPSA) is 108 Å². The van der Waals surface area contributed by atoms with Crippen LogP contribution in [0.15, 0.2) is 10.7 Å². The van der Waals surface area contributed by atoms with Crippen molar-refractivity contribution in [2.75, 3.05) is 12.4 Å². The van der Waals surface area contributed by atoms with Gasteiger partial charge in [0.1, 0.15) is 10.9 Å². The Morgan fingerprint density at radius 1 is 1.58 bits per heavy atom. The molecule has 2 aromatic rings. The summed E-state index contributed by atoms with van der Waals surface area (Å²) in [5.41, 5.74) is 1.41. The van der Waals surface area contributed by atoms with E-state index in [1.807, 2.05) is 0 Å². The third kappa shape index (κ3) is 3.25. The molecule has 24 heavy (non-hydrogen) atoms. The first-order chi connectivity index (χ1) is 11.5. The van der Waals surface area contributed by atoms with Crippen molar-refractivity contribution >= 4 is 28.2 Å². The van der Waals surface area contributed by atoms with Crippen molar-refractivity contribution in [3.63, 3.8) is 0 Å². The molecule has 1 amide bonds. The molecule has 0 radical (unpaired) electrons. The van der Waals surface area contributed by atoms with Crippen LogP contribution in [0.4, 0.5) is 5.00 Å². The molecule has 1 N–H and O–H groups in total. The predicted molar refractivity (Wildman–Crippen MR) is 81.6 cm³/mol. The number of nitrogens with zero attached hydrogens (tertiary/aromatic N) is 2. The van der Waals surface area contributed by atoms with Crippen LogP contribution in [-0.2, 0) is 28.9 Å². The fourth-order valence-corrected chi connectivity index (χ4v) is 4.22. The molecule has 0 aromatic carbocycles. The van der Waals surface area contributed by atoms with E-state index < -0.39 is 17.8 Å². The molecule has 0 bridgehead atoms. The first-order valence-electron chi connectivity index (χ1n) is 7.54. The Hall–Kier alpha value is -2.42. The maximum absolute atomic E-state index is 12.2. The maximum atomic E-state index is 12.2. The van der Waals surface area contributed by atoms with E-state index >= 15 is 0 Å². The van der Waals surface area contributed by atoms with E-state index in [0.29, 0.717) is 16.5 Å². The molecular formula is C15H17N3O5S. The smallest absolute Gasteiger partial charge is 0.341 e. The number of fused-ring (bicyclic) bond motifs is 1. The number of hydrogen-bond acceptors (Lipinski definition) is 7. The molecule has 0 saturated carbocycles. The van der Waals surface area contributed by atoms with Crippen molar-refractivity contribution in [1.29, 1.82) is 0 Å². The quantitative estimate of drug-likeness (QED) is 0.640. The first-order valence-corrected chi connectivity index (χ1v) is 8.35. The lowest BCUT2D eigenvalue weighted by atomic mass is 9.88. The van der Waals surface area contributed by atoms with Gasteiger partial charge < -0.3 is 19.7 Å². The van der Waals surface area contributed by atoms with Gasteiger partial charge in [-0.2, -0.15) is 0 Å². The number of esters is 1. The van der Waals surface area contributed by atoms with Crippen LogP contribution in [0, 0.1) is 5.92 Å². The Balaban J connectivity index is 1.84. The number of nitrogens with one attached hydrogen (secondary N) is 1. The van der Waals surface area contributed by atoms with Crippen LogP contribution in [0.2, 0.25) is 0 Å². The standard InChI is InChI=1S/C15H17N3O5S/c1-8-3-4-9-10(5-8)24-14(13(9)15(21)22-2)16-11(19)6-18-7-12(20)23-17-18/h7-8H,3-6H2,1-2H3,(H-,16,17,19,20,21). The summed E-state index contributed by atoms with van der Waals surface area (Å²) in [5.74, 6) is -0.927. The van der Waals surface area contributed by atoms with Gasteiger partial charge >= 0.3 is 5.97 Å². The second kappa shape index (κ2) is 6.60. The Morgan fingerprint density at radius 3 is 3.04 bits per heavy atom. The molecule has 0 saturated heterocycles. The number of rotatable bonds is 4. The summed E-state index contributed by atoms with van der Waals surface area (Å²) < 4.78 is 10.4. The average Bonchev–Trinajstić information content (AvgIpc) is 3.09. The van der Waals surface area contributed by atoms with E-state index in [1.54, 1.807) is 0 Å². The van der Waals surface area contributed by atoms with Gasteiger partial charge in [-0.25, -0.2) is 4.79 Å². The second-order valence-corrected chi connectivity index (χ2v) is 6.92. The molecule has 0 aliphatic heterocycles. The number of ether oxygens (including phenoxy) is 1. The van der Waals surface area contributed by atoms with Crippen molar-refractivity contribution in [3.8, 4) is 5.95 Å². The second-order valence-electron chi connectivity index (χ2n) is 5.81. The Bertz CT molecular complexity index is 782. The van der Waals surface area contributed by atoms with Crippen LogP contribution in [0.3, 0.4) is 0 Å². The molecule has 9 heteroatoms. The monoisotopic (exact) mass is 351 g/mol. The van der Waals surface area contributed by atoms with E-state index in [1.165, 1.54) is 18.4 Å². The Morgan fingerprint density at radius 2 is 2.38 bits per heavy atom. The molecule has 3 rings (SSSR count). The molecule has 1 unspecified atom stereocenters. The van der Waals surface area contributed by atoms with Gasteiger partial charge in [-0.05, 0) is 30.7 Å². The minimum Gasteiger partial charge on any atom is -0.539 e. The fourth-order valence-electron chi connectivity index (χ4n) is 2.81. The molecule has 1 aliphatic rings. The zero-order valence-corrected chi connectivity index (χ0v) is 14.1. The van der Waals surface area contributed by atoms with Crippen LogP contribution in [0.5, 0.6) is 5.95 Å². The summed E-state index contributed by atoms with van der Waals surface area (Å²) in [7, 11) is 1.32. The third-order valence-electron chi connectivity index (χ3n) is 3.95. The van der Waals surface area contributed by atoms with Crippen molar-refractivity contribution in [2.45, 2.75) is 32.7 Å². The minimum absolute atomic E-state index is 0.175. The summed E-state index contributed by atoms with van der Waals surface area (Å²) in [6.45, 7) is 1.99. The molecule has 128 valence electrons. The Kier molecular flexibility index (Phi) is 4.52. The Labute approximate surface area is 142 Å². The number of thiophene rings is 1. The highest BCUT2D eigenvalue weighted by molar-refractivity contribution is 7.17. The first kappa shape index (κ1) is 16.4. The minimum atomic E-state index is -0.626. The van der Waals surface area contributed by atoms with Gasteiger partial charge in [0.05, 0.1) is 17.9 Å². The molecule has 8 nitrogen and oxygen atoms in total. The number of hydrogen-bond donors (Lipinski definition) is 1. The predicted octanol–water partition coefficient (Wildman–Crippen LogP) is 0.647. The van der Waals surface area contributed by atoms with Crippen LogP contribution >= 0.6 is 11.3 Å². The zero-order chi connectivity index (χ0) is 17.3. The molecule has 0 fully saturated rings. The summed E-state index contributed by atoms with van der Waals surface area (Å²) in [5, 5.41) is 17.6. The molecular weight excluding hydrogens is 334 g/mol. The molecule has 2 heterocycles. The highest BCUT2D eigenvalue weighted by Crippen LogP contribution is 2.39. The zero-order valence-electron chi connectivity index (χ0n) is 13.3. The normalized spacial score (nSPS) is 16.5. The fraction of sp³-hybridized carbons (Fsp3) is 0.467. The highest BCUT2D eigenvalue weighted by Gasteiger charge is 2.29. The van der Waals surface area contributed by atoms with Crippen LogP contribution in [-0.4, -0.2) is 24.3 Å². The van der Waals surface area contributed by atoms with Crippen molar-refractivity contribution < 1.29 is 28.6 Å².